The van der Waals surface area contributed by atoms with Crippen molar-refractivity contribution >= 4 is 5.69 Å². The van der Waals surface area contributed by atoms with E-state index < -0.39 is 11.0 Å². The van der Waals surface area contributed by atoms with Crippen LogP contribution in [-0.2, 0) is 0 Å². The molecule has 1 aromatic rings. The Labute approximate surface area is 121 Å². The third kappa shape index (κ3) is 2.65. The summed E-state index contributed by atoms with van der Waals surface area (Å²) in [4.78, 5) is 12.9. The number of nitrogens with one attached hydrogen (secondary N) is 1. The van der Waals surface area contributed by atoms with Gasteiger partial charge in [0.15, 0.2) is 11.5 Å². The van der Waals surface area contributed by atoms with E-state index >= 15 is 0 Å². The number of benzene rings is 1. The zero-order chi connectivity index (χ0) is 14.8. The minimum atomic E-state index is -0.442. The van der Waals surface area contributed by atoms with E-state index in [4.69, 9.17) is 9.47 Å². The summed E-state index contributed by atoms with van der Waals surface area (Å²) >= 11 is 0. The van der Waals surface area contributed by atoms with Crippen LogP contribution in [0.5, 0.6) is 11.5 Å². The molecule has 8 heteroatoms. The molecule has 1 atom stereocenters. The highest BCUT2D eigenvalue weighted by molar-refractivity contribution is 5.56. The van der Waals surface area contributed by atoms with Gasteiger partial charge in [0.1, 0.15) is 0 Å². The van der Waals surface area contributed by atoms with Crippen LogP contribution in [0.4, 0.5) is 5.69 Å². The van der Waals surface area contributed by atoms with E-state index in [2.05, 4.69) is 5.32 Å². The van der Waals surface area contributed by atoms with Crippen molar-refractivity contribution in [2.45, 2.75) is 6.04 Å². The molecule has 114 valence electrons. The molecule has 0 radical (unpaired) electrons. The van der Waals surface area contributed by atoms with Gasteiger partial charge >= 0.3 is 0 Å². The van der Waals surface area contributed by atoms with Gasteiger partial charge in [0.25, 0.3) is 5.69 Å². The molecule has 0 unspecified atom stereocenters. The van der Waals surface area contributed by atoms with E-state index in [9.17, 15) is 15.2 Å². The Morgan fingerprint density at radius 2 is 2.00 bits per heavy atom. The number of aliphatic hydroxyl groups excluding tert-OH is 1. The second-order valence-electron chi connectivity index (χ2n) is 5.01. The largest absolute Gasteiger partial charge is 0.454 e. The van der Waals surface area contributed by atoms with Gasteiger partial charge in [-0.1, -0.05) is 0 Å². The molecular formula is C13H17N3O5. The maximum Gasteiger partial charge on any atom is 0.278 e. The number of fused-ring (bicyclic) bond motifs is 1. The number of hydrogen-bond acceptors (Lipinski definition) is 7. The van der Waals surface area contributed by atoms with Crippen molar-refractivity contribution < 1.29 is 19.5 Å². The molecule has 0 bridgehead atoms. The molecule has 0 aromatic heterocycles. The van der Waals surface area contributed by atoms with E-state index in [1.165, 1.54) is 6.07 Å². The topological polar surface area (TPSA) is 97.1 Å². The molecule has 1 saturated heterocycles. The quantitative estimate of drug-likeness (QED) is 0.607. The minimum Gasteiger partial charge on any atom is -0.454 e. The standard InChI is InChI=1S/C13H17N3O5/c17-7-11(15-3-1-14-2-4-15)9-5-12-13(21-8-20-12)6-10(9)16(18)19/h5-6,11,14,17H,1-4,7-8H2/t11-/m0/s1. The average Bonchev–Trinajstić information content (AvgIpc) is 2.95. The van der Waals surface area contributed by atoms with Gasteiger partial charge < -0.3 is 19.9 Å². The first-order valence-corrected chi connectivity index (χ1v) is 6.84. The number of nitro groups is 1. The van der Waals surface area contributed by atoms with E-state index in [0.29, 0.717) is 17.1 Å². The molecule has 8 nitrogen and oxygen atoms in total. The van der Waals surface area contributed by atoms with Crippen molar-refractivity contribution in [3.63, 3.8) is 0 Å². The van der Waals surface area contributed by atoms with Crippen molar-refractivity contribution in [1.82, 2.24) is 10.2 Å². The van der Waals surface area contributed by atoms with Crippen molar-refractivity contribution in [1.29, 1.82) is 0 Å². The fourth-order valence-electron chi connectivity index (χ4n) is 2.78. The van der Waals surface area contributed by atoms with Crippen LogP contribution in [0.3, 0.4) is 0 Å². The Morgan fingerprint density at radius 1 is 1.33 bits per heavy atom. The second kappa shape index (κ2) is 5.84. The predicted molar refractivity (Wildman–Crippen MR) is 73.5 cm³/mol. The summed E-state index contributed by atoms with van der Waals surface area (Å²) in [5.41, 5.74) is 0.422. The van der Waals surface area contributed by atoms with E-state index in [0.717, 1.165) is 26.2 Å². The maximum atomic E-state index is 11.3. The van der Waals surface area contributed by atoms with Crippen LogP contribution in [0, 0.1) is 10.1 Å². The first kappa shape index (κ1) is 14.1. The van der Waals surface area contributed by atoms with Gasteiger partial charge in [-0.05, 0) is 6.07 Å². The van der Waals surface area contributed by atoms with Crippen molar-refractivity contribution in [3.8, 4) is 11.5 Å². The summed E-state index contributed by atoms with van der Waals surface area (Å²) in [5, 5.41) is 24.3. The predicted octanol–water partition coefficient (Wildman–Crippen LogP) is 0.262. The summed E-state index contributed by atoms with van der Waals surface area (Å²) in [6.07, 6.45) is 0. The highest BCUT2D eigenvalue weighted by Crippen LogP contribution is 2.41. The molecule has 2 aliphatic rings. The number of hydrogen-bond donors (Lipinski definition) is 2. The normalized spacial score (nSPS) is 19.5. The molecule has 0 spiro atoms. The molecule has 2 aliphatic heterocycles. The van der Waals surface area contributed by atoms with Gasteiger partial charge in [0, 0.05) is 26.2 Å². The number of ether oxygens (including phenoxy) is 2. The van der Waals surface area contributed by atoms with Gasteiger partial charge in [0.2, 0.25) is 6.79 Å². The van der Waals surface area contributed by atoms with Crippen molar-refractivity contribution in [2.75, 3.05) is 39.6 Å². The summed E-state index contributed by atoms with van der Waals surface area (Å²) in [6, 6.07) is 2.58. The molecule has 0 amide bonds. The van der Waals surface area contributed by atoms with Gasteiger partial charge in [0.05, 0.1) is 29.2 Å². The highest BCUT2D eigenvalue weighted by atomic mass is 16.7. The lowest BCUT2D eigenvalue weighted by Crippen LogP contribution is -2.46. The number of piperazine rings is 1. The lowest BCUT2D eigenvalue weighted by atomic mass is 10.0. The lowest BCUT2D eigenvalue weighted by Gasteiger charge is -2.33. The summed E-state index contributed by atoms with van der Waals surface area (Å²) in [7, 11) is 0. The van der Waals surface area contributed by atoms with Gasteiger partial charge in [-0.15, -0.1) is 0 Å². The van der Waals surface area contributed by atoms with Crippen LogP contribution >= 0.6 is 0 Å². The number of aliphatic hydroxyl groups is 1. The molecule has 2 heterocycles. The number of rotatable bonds is 4. The fraction of sp³-hybridized carbons (Fsp3) is 0.538. The van der Waals surface area contributed by atoms with Crippen molar-refractivity contribution in [2.24, 2.45) is 0 Å². The Morgan fingerprint density at radius 3 is 2.62 bits per heavy atom. The second-order valence-corrected chi connectivity index (χ2v) is 5.01. The smallest absolute Gasteiger partial charge is 0.278 e. The fourth-order valence-corrected chi connectivity index (χ4v) is 2.78. The van der Waals surface area contributed by atoms with Gasteiger partial charge in [-0.2, -0.15) is 0 Å². The number of nitro benzene ring substituents is 1. The number of nitrogens with zero attached hydrogens (tertiary/aromatic N) is 2. The first-order valence-electron chi connectivity index (χ1n) is 6.84. The van der Waals surface area contributed by atoms with Gasteiger partial charge in [-0.25, -0.2) is 0 Å². The molecule has 3 rings (SSSR count). The molecule has 21 heavy (non-hydrogen) atoms. The minimum absolute atomic E-state index is 0.0446. The average molecular weight is 295 g/mol. The van der Waals surface area contributed by atoms with Crippen LogP contribution in [0.15, 0.2) is 12.1 Å². The Bertz CT molecular complexity index is 545. The molecule has 0 saturated carbocycles. The van der Waals surface area contributed by atoms with E-state index in [1.807, 2.05) is 4.90 Å². The molecular weight excluding hydrogens is 278 g/mol. The van der Waals surface area contributed by atoms with Crippen LogP contribution in [0.2, 0.25) is 0 Å². The van der Waals surface area contributed by atoms with Crippen LogP contribution in [0.25, 0.3) is 0 Å². The Kier molecular flexibility index (Phi) is 3.91. The zero-order valence-electron chi connectivity index (χ0n) is 11.4. The summed E-state index contributed by atoms with van der Waals surface area (Å²) in [5.74, 6) is 0.867. The van der Waals surface area contributed by atoms with E-state index in [1.54, 1.807) is 6.07 Å². The zero-order valence-corrected chi connectivity index (χ0v) is 11.4. The van der Waals surface area contributed by atoms with Crippen molar-refractivity contribution in [3.05, 3.63) is 27.8 Å². The van der Waals surface area contributed by atoms with Crippen LogP contribution < -0.4 is 14.8 Å². The Hall–Kier alpha value is -1.90. The third-order valence-electron chi connectivity index (χ3n) is 3.84. The summed E-state index contributed by atoms with van der Waals surface area (Å²) in [6.45, 7) is 2.95. The van der Waals surface area contributed by atoms with Crippen LogP contribution in [0.1, 0.15) is 11.6 Å². The van der Waals surface area contributed by atoms with Gasteiger partial charge in [-0.3, -0.25) is 15.0 Å². The molecule has 2 N–H and O–H groups in total. The van der Waals surface area contributed by atoms with Crippen LogP contribution in [-0.4, -0.2) is 54.5 Å². The summed E-state index contributed by atoms with van der Waals surface area (Å²) < 4.78 is 10.5. The maximum absolute atomic E-state index is 11.3. The van der Waals surface area contributed by atoms with E-state index in [-0.39, 0.29) is 19.1 Å². The molecule has 0 aliphatic carbocycles. The lowest BCUT2D eigenvalue weighted by molar-refractivity contribution is -0.386. The Balaban J connectivity index is 1.99. The molecule has 1 fully saturated rings. The monoisotopic (exact) mass is 295 g/mol. The third-order valence-corrected chi connectivity index (χ3v) is 3.84. The SMILES string of the molecule is O=[N+]([O-])c1cc2c(cc1[C@H](CO)N1CCNCC1)OCO2. The molecule has 1 aromatic carbocycles. The highest BCUT2D eigenvalue weighted by Gasteiger charge is 2.31. The first-order chi connectivity index (χ1) is 10.2.